The zero-order chi connectivity index (χ0) is 16.0. The van der Waals surface area contributed by atoms with Crippen LogP contribution in [-0.2, 0) is 9.59 Å². The third-order valence-electron chi connectivity index (χ3n) is 4.43. The molecule has 0 aliphatic heterocycles. The third-order valence-corrected chi connectivity index (χ3v) is 4.43. The van der Waals surface area contributed by atoms with Crippen LogP contribution in [0.4, 0.5) is 0 Å². The fourth-order valence-corrected chi connectivity index (χ4v) is 2.91. The summed E-state index contributed by atoms with van der Waals surface area (Å²) in [5.41, 5.74) is 0. The molecule has 2 N–H and O–H groups in total. The lowest BCUT2D eigenvalue weighted by Gasteiger charge is -2.34. The van der Waals surface area contributed by atoms with Gasteiger partial charge in [0.15, 0.2) is 0 Å². The lowest BCUT2D eigenvalue weighted by Crippen LogP contribution is -2.47. The normalized spacial score (nSPS) is 23.9. The molecule has 1 aliphatic carbocycles. The molecule has 21 heavy (non-hydrogen) atoms. The number of carbonyl (C=O) groups is 2. The zero-order valence-corrected chi connectivity index (χ0v) is 13.8. The van der Waals surface area contributed by atoms with Crippen molar-refractivity contribution in [3.05, 3.63) is 0 Å². The Morgan fingerprint density at radius 3 is 2.29 bits per heavy atom. The molecule has 1 fully saturated rings. The van der Waals surface area contributed by atoms with Crippen molar-refractivity contribution < 1.29 is 14.7 Å². The van der Waals surface area contributed by atoms with Gasteiger partial charge in [-0.15, -0.1) is 0 Å². The van der Waals surface area contributed by atoms with Gasteiger partial charge in [-0.2, -0.15) is 0 Å². The van der Waals surface area contributed by atoms with Gasteiger partial charge in [0.2, 0.25) is 5.91 Å². The van der Waals surface area contributed by atoms with E-state index >= 15 is 0 Å². The Kier molecular flexibility index (Phi) is 7.15. The first-order valence-corrected chi connectivity index (χ1v) is 8.03. The van der Waals surface area contributed by atoms with Crippen molar-refractivity contribution in [3.63, 3.8) is 0 Å². The van der Waals surface area contributed by atoms with Crippen LogP contribution in [0.1, 0.15) is 52.9 Å². The molecule has 1 rings (SSSR count). The second-order valence-corrected chi connectivity index (χ2v) is 6.82. The second-order valence-electron chi connectivity index (χ2n) is 6.82. The molecule has 0 spiro atoms. The molecule has 0 radical (unpaired) electrons. The first-order chi connectivity index (χ1) is 9.81. The first-order valence-electron chi connectivity index (χ1n) is 8.03. The highest BCUT2D eigenvalue weighted by molar-refractivity contribution is 5.80. The summed E-state index contributed by atoms with van der Waals surface area (Å²) < 4.78 is 0. The van der Waals surface area contributed by atoms with Crippen LogP contribution in [0, 0.1) is 11.8 Å². The van der Waals surface area contributed by atoms with E-state index in [2.05, 4.69) is 12.2 Å². The van der Waals surface area contributed by atoms with Gasteiger partial charge in [0.25, 0.3) is 0 Å². The highest BCUT2D eigenvalue weighted by Gasteiger charge is 2.26. The SMILES string of the molecule is CC(C)CC(NCC(=O)N(C)C1CCC(C)CC1)C(=O)O. The summed E-state index contributed by atoms with van der Waals surface area (Å²) in [6, 6.07) is -0.336. The number of nitrogens with one attached hydrogen (secondary N) is 1. The Bertz CT molecular complexity index is 349. The molecule has 1 unspecified atom stereocenters. The van der Waals surface area contributed by atoms with E-state index in [1.165, 1.54) is 12.8 Å². The van der Waals surface area contributed by atoms with Crippen LogP contribution >= 0.6 is 0 Å². The Hall–Kier alpha value is -1.10. The lowest BCUT2D eigenvalue weighted by molar-refractivity contribution is -0.140. The monoisotopic (exact) mass is 298 g/mol. The molecule has 0 aromatic carbocycles. The average molecular weight is 298 g/mol. The van der Waals surface area contributed by atoms with Crippen LogP contribution in [0.3, 0.4) is 0 Å². The number of hydrogen-bond acceptors (Lipinski definition) is 3. The highest BCUT2D eigenvalue weighted by atomic mass is 16.4. The van der Waals surface area contributed by atoms with Gasteiger partial charge in [-0.3, -0.25) is 14.9 Å². The standard InChI is InChI=1S/C16H30N2O3/c1-11(2)9-14(16(20)21)17-10-15(19)18(4)13-7-5-12(3)6-8-13/h11-14,17H,5-10H2,1-4H3,(H,20,21). The second kappa shape index (κ2) is 8.37. The number of rotatable bonds is 7. The molecule has 122 valence electrons. The van der Waals surface area contributed by atoms with E-state index in [4.69, 9.17) is 5.11 Å². The summed E-state index contributed by atoms with van der Waals surface area (Å²) in [6.45, 7) is 6.32. The number of carboxylic acid groups (broad SMARTS) is 1. The fraction of sp³-hybridized carbons (Fsp3) is 0.875. The maximum atomic E-state index is 12.2. The summed E-state index contributed by atoms with van der Waals surface area (Å²) >= 11 is 0. The number of carbonyl (C=O) groups excluding carboxylic acids is 1. The van der Waals surface area contributed by atoms with Crippen LogP contribution in [0.25, 0.3) is 0 Å². The molecule has 0 aromatic rings. The van der Waals surface area contributed by atoms with Crippen molar-refractivity contribution in [1.82, 2.24) is 10.2 Å². The smallest absolute Gasteiger partial charge is 0.320 e. The third kappa shape index (κ3) is 6.04. The van der Waals surface area contributed by atoms with E-state index in [1.807, 2.05) is 20.9 Å². The lowest BCUT2D eigenvalue weighted by atomic mass is 9.87. The van der Waals surface area contributed by atoms with Crippen molar-refractivity contribution >= 4 is 11.9 Å². The largest absolute Gasteiger partial charge is 0.480 e. The van der Waals surface area contributed by atoms with Gasteiger partial charge in [0.1, 0.15) is 6.04 Å². The molecular formula is C16H30N2O3. The summed E-state index contributed by atoms with van der Waals surface area (Å²) in [4.78, 5) is 25.2. The minimum atomic E-state index is -0.884. The van der Waals surface area contributed by atoms with E-state index in [-0.39, 0.29) is 18.4 Å². The van der Waals surface area contributed by atoms with Gasteiger partial charge in [0, 0.05) is 13.1 Å². The summed E-state index contributed by atoms with van der Waals surface area (Å²) in [6.07, 6.45) is 4.98. The van der Waals surface area contributed by atoms with Crippen molar-refractivity contribution in [2.75, 3.05) is 13.6 Å². The summed E-state index contributed by atoms with van der Waals surface area (Å²) in [5, 5.41) is 12.1. The van der Waals surface area contributed by atoms with E-state index < -0.39 is 12.0 Å². The zero-order valence-electron chi connectivity index (χ0n) is 13.8. The van der Waals surface area contributed by atoms with Crippen molar-refractivity contribution in [2.24, 2.45) is 11.8 Å². The number of nitrogens with zero attached hydrogens (tertiary/aromatic N) is 1. The van der Waals surface area contributed by atoms with Crippen LogP contribution in [0.2, 0.25) is 0 Å². The number of amides is 1. The van der Waals surface area contributed by atoms with Crippen molar-refractivity contribution in [3.8, 4) is 0 Å². The average Bonchev–Trinajstić information content (AvgIpc) is 2.42. The maximum absolute atomic E-state index is 12.2. The highest BCUT2D eigenvalue weighted by Crippen LogP contribution is 2.26. The van der Waals surface area contributed by atoms with Gasteiger partial charge in [-0.25, -0.2) is 0 Å². The molecule has 0 aromatic heterocycles. The summed E-state index contributed by atoms with van der Waals surface area (Å²) in [5.74, 6) is 0.145. The van der Waals surface area contributed by atoms with Gasteiger partial charge in [-0.1, -0.05) is 20.8 Å². The van der Waals surface area contributed by atoms with Crippen molar-refractivity contribution in [2.45, 2.75) is 65.0 Å². The predicted molar refractivity (Wildman–Crippen MR) is 83.1 cm³/mol. The molecule has 1 saturated carbocycles. The number of carboxylic acids is 1. The Morgan fingerprint density at radius 2 is 1.81 bits per heavy atom. The van der Waals surface area contributed by atoms with Crippen LogP contribution < -0.4 is 5.32 Å². The molecule has 1 aliphatic rings. The van der Waals surface area contributed by atoms with Crippen LogP contribution in [0.15, 0.2) is 0 Å². The van der Waals surface area contributed by atoms with E-state index in [9.17, 15) is 9.59 Å². The molecule has 1 atom stereocenters. The van der Waals surface area contributed by atoms with Gasteiger partial charge in [-0.05, 0) is 43.9 Å². The quantitative estimate of drug-likeness (QED) is 0.755. The first kappa shape index (κ1) is 18.0. The number of hydrogen-bond donors (Lipinski definition) is 2. The Balaban J connectivity index is 2.42. The van der Waals surface area contributed by atoms with Gasteiger partial charge in [0.05, 0.1) is 6.54 Å². The van der Waals surface area contributed by atoms with Crippen molar-refractivity contribution in [1.29, 1.82) is 0 Å². The topological polar surface area (TPSA) is 69.6 Å². The molecule has 5 heteroatoms. The van der Waals surface area contributed by atoms with Crippen LogP contribution in [-0.4, -0.2) is 47.6 Å². The van der Waals surface area contributed by atoms with Crippen LogP contribution in [0.5, 0.6) is 0 Å². The molecule has 0 heterocycles. The van der Waals surface area contributed by atoms with Gasteiger partial charge >= 0.3 is 5.97 Å². The Morgan fingerprint density at radius 1 is 1.24 bits per heavy atom. The maximum Gasteiger partial charge on any atom is 0.320 e. The minimum absolute atomic E-state index is 0.00967. The molecule has 5 nitrogen and oxygen atoms in total. The minimum Gasteiger partial charge on any atom is -0.480 e. The number of aliphatic carboxylic acids is 1. The predicted octanol–water partition coefficient (Wildman–Crippen LogP) is 2.11. The van der Waals surface area contributed by atoms with Gasteiger partial charge < -0.3 is 10.0 Å². The molecule has 0 saturated heterocycles. The molecular weight excluding hydrogens is 268 g/mol. The molecule has 0 bridgehead atoms. The fourth-order valence-electron chi connectivity index (χ4n) is 2.91. The van der Waals surface area contributed by atoms with E-state index in [1.54, 1.807) is 4.90 Å². The summed E-state index contributed by atoms with van der Waals surface area (Å²) in [7, 11) is 1.84. The van der Waals surface area contributed by atoms with E-state index in [0.717, 1.165) is 18.8 Å². The number of likely N-dealkylation sites (N-methyl/N-ethyl adjacent to an activating group) is 1. The Labute approximate surface area is 128 Å². The molecule has 1 amide bonds. The van der Waals surface area contributed by atoms with E-state index in [0.29, 0.717) is 12.5 Å².